The zero-order valence-electron chi connectivity index (χ0n) is 27.4. The van der Waals surface area contributed by atoms with Gasteiger partial charge in [-0.25, -0.2) is 0 Å². The molecule has 0 amide bonds. The Morgan fingerprint density at radius 1 is 0.340 bits per heavy atom. The third-order valence-corrected chi connectivity index (χ3v) is 10.1. The third-order valence-electron chi connectivity index (χ3n) is 10.1. The van der Waals surface area contributed by atoms with Crippen molar-refractivity contribution in [2.45, 2.75) is 0 Å². The Morgan fingerprint density at radius 2 is 0.920 bits per heavy atom. The van der Waals surface area contributed by atoms with Crippen molar-refractivity contribution >= 4 is 71.2 Å². The van der Waals surface area contributed by atoms with E-state index >= 15 is 0 Å². The molecule has 0 saturated heterocycles. The van der Waals surface area contributed by atoms with E-state index < -0.39 is 0 Å². The molecule has 0 unspecified atom stereocenters. The molecule has 0 N–H and O–H groups in total. The number of hydrogen-bond donors (Lipinski definition) is 0. The molecule has 0 fully saturated rings. The van der Waals surface area contributed by atoms with Crippen molar-refractivity contribution in [1.82, 2.24) is 4.57 Å². The first-order valence-electron chi connectivity index (χ1n) is 17.2. The third kappa shape index (κ3) is 4.50. The van der Waals surface area contributed by atoms with Crippen molar-refractivity contribution in [3.8, 4) is 16.8 Å². The van der Waals surface area contributed by atoms with E-state index in [-0.39, 0.29) is 0 Å². The van der Waals surface area contributed by atoms with E-state index in [0.29, 0.717) is 0 Å². The van der Waals surface area contributed by atoms with Gasteiger partial charge in [0.15, 0.2) is 0 Å². The van der Waals surface area contributed by atoms with Crippen LogP contribution in [0.25, 0.3) is 70.9 Å². The molecule has 1 heterocycles. The van der Waals surface area contributed by atoms with Crippen molar-refractivity contribution in [3.63, 3.8) is 0 Å². The van der Waals surface area contributed by atoms with E-state index in [1.54, 1.807) is 0 Å². The van der Waals surface area contributed by atoms with Gasteiger partial charge in [-0.05, 0) is 98.0 Å². The van der Waals surface area contributed by atoms with Crippen LogP contribution >= 0.6 is 0 Å². The second-order valence-electron chi connectivity index (χ2n) is 13.0. The summed E-state index contributed by atoms with van der Waals surface area (Å²) in [5.41, 5.74) is 9.28. The van der Waals surface area contributed by atoms with E-state index in [4.69, 9.17) is 0 Å². The second-order valence-corrected chi connectivity index (χ2v) is 13.0. The normalized spacial score (nSPS) is 11.6. The molecule has 2 heteroatoms. The van der Waals surface area contributed by atoms with Gasteiger partial charge >= 0.3 is 0 Å². The van der Waals surface area contributed by atoms with Gasteiger partial charge in [0, 0.05) is 27.8 Å². The van der Waals surface area contributed by atoms with Gasteiger partial charge in [-0.3, -0.25) is 0 Å². The highest BCUT2D eigenvalue weighted by molar-refractivity contribution is 6.18. The first kappa shape index (κ1) is 28.4. The lowest BCUT2D eigenvalue weighted by Crippen LogP contribution is -2.11. The summed E-state index contributed by atoms with van der Waals surface area (Å²) < 4.78 is 2.41. The molecule has 10 aromatic rings. The molecule has 0 atom stereocenters. The maximum atomic E-state index is 2.41. The minimum Gasteiger partial charge on any atom is -0.308 e. The van der Waals surface area contributed by atoms with Gasteiger partial charge < -0.3 is 9.47 Å². The standard InChI is InChI=1S/C48H32N2/c1-3-13-37(14-4-1)49(47-21-11-19-45-44-18-9-10-20-46(44)50(48(45)47)38-15-5-2-6-16-38)39-27-22-33(23-28-39)35-25-29-41-36(32-35)26-31-42-40-17-8-7-12-34(40)24-30-43(41)42/h1-32H. The van der Waals surface area contributed by atoms with Crippen molar-refractivity contribution in [2.75, 3.05) is 4.90 Å². The lowest BCUT2D eigenvalue weighted by atomic mass is 9.95. The molecular weight excluding hydrogens is 605 g/mol. The predicted octanol–water partition coefficient (Wildman–Crippen LogP) is 13.4. The molecular formula is C48H32N2. The summed E-state index contributed by atoms with van der Waals surface area (Å²) >= 11 is 0. The molecule has 9 aromatic carbocycles. The van der Waals surface area contributed by atoms with Crippen LogP contribution in [0.4, 0.5) is 17.1 Å². The minimum atomic E-state index is 1.11. The number of rotatable bonds is 5. The molecule has 0 saturated carbocycles. The Labute approximate surface area is 290 Å². The smallest absolute Gasteiger partial charge is 0.0782 e. The molecule has 0 aliphatic rings. The van der Waals surface area contributed by atoms with Crippen LogP contribution in [0.1, 0.15) is 0 Å². The maximum absolute atomic E-state index is 2.41. The Balaban J connectivity index is 1.11. The van der Waals surface area contributed by atoms with Crippen LogP contribution in [0.2, 0.25) is 0 Å². The van der Waals surface area contributed by atoms with Crippen LogP contribution in [0.15, 0.2) is 194 Å². The SMILES string of the molecule is c1ccc(N(c2ccc(-c3ccc4c(ccc5c6ccccc6ccc45)c3)cc2)c2cccc3c4ccccc4n(-c4ccccc4)c23)cc1. The molecule has 0 aliphatic heterocycles. The number of hydrogen-bond acceptors (Lipinski definition) is 1. The maximum Gasteiger partial charge on any atom is 0.0782 e. The van der Waals surface area contributed by atoms with E-state index in [1.807, 2.05) is 0 Å². The van der Waals surface area contributed by atoms with Crippen LogP contribution < -0.4 is 4.90 Å². The van der Waals surface area contributed by atoms with E-state index in [2.05, 4.69) is 204 Å². The lowest BCUT2D eigenvalue weighted by Gasteiger charge is -2.27. The van der Waals surface area contributed by atoms with E-state index in [1.165, 1.54) is 65.3 Å². The minimum absolute atomic E-state index is 1.11. The lowest BCUT2D eigenvalue weighted by molar-refractivity contribution is 1.17. The monoisotopic (exact) mass is 636 g/mol. The number of benzene rings is 9. The van der Waals surface area contributed by atoms with Crippen molar-refractivity contribution in [1.29, 1.82) is 0 Å². The van der Waals surface area contributed by atoms with Gasteiger partial charge in [-0.1, -0.05) is 140 Å². The van der Waals surface area contributed by atoms with Gasteiger partial charge in [0.05, 0.1) is 16.7 Å². The van der Waals surface area contributed by atoms with Crippen molar-refractivity contribution in [2.24, 2.45) is 0 Å². The highest BCUT2D eigenvalue weighted by atomic mass is 15.2. The Bertz CT molecular complexity index is 2850. The summed E-state index contributed by atoms with van der Waals surface area (Å²) in [6.07, 6.45) is 0. The Kier molecular flexibility index (Phi) is 6.53. The van der Waals surface area contributed by atoms with Crippen molar-refractivity contribution < 1.29 is 0 Å². The van der Waals surface area contributed by atoms with Crippen LogP contribution in [-0.4, -0.2) is 4.57 Å². The second kappa shape index (κ2) is 11.5. The van der Waals surface area contributed by atoms with E-state index in [9.17, 15) is 0 Å². The molecule has 50 heavy (non-hydrogen) atoms. The summed E-state index contributed by atoms with van der Waals surface area (Å²) in [6.45, 7) is 0. The Morgan fingerprint density at radius 3 is 1.72 bits per heavy atom. The molecule has 2 nitrogen and oxygen atoms in total. The van der Waals surface area contributed by atoms with Gasteiger partial charge in [0.2, 0.25) is 0 Å². The molecule has 0 radical (unpaired) electrons. The predicted molar refractivity (Wildman–Crippen MR) is 213 cm³/mol. The molecule has 234 valence electrons. The molecule has 0 aliphatic carbocycles. The molecule has 1 aromatic heterocycles. The van der Waals surface area contributed by atoms with Crippen LogP contribution in [-0.2, 0) is 0 Å². The zero-order valence-corrected chi connectivity index (χ0v) is 27.4. The van der Waals surface area contributed by atoms with Gasteiger partial charge in [0.25, 0.3) is 0 Å². The highest BCUT2D eigenvalue weighted by Crippen LogP contribution is 2.43. The quantitative estimate of drug-likeness (QED) is 0.171. The van der Waals surface area contributed by atoms with Crippen LogP contribution in [0, 0.1) is 0 Å². The van der Waals surface area contributed by atoms with E-state index in [0.717, 1.165) is 22.7 Å². The van der Waals surface area contributed by atoms with Gasteiger partial charge in [-0.2, -0.15) is 0 Å². The van der Waals surface area contributed by atoms with Crippen LogP contribution in [0.5, 0.6) is 0 Å². The Hall–Kier alpha value is -6.64. The fourth-order valence-corrected chi connectivity index (χ4v) is 7.84. The number of para-hydroxylation sites is 4. The van der Waals surface area contributed by atoms with Crippen molar-refractivity contribution in [3.05, 3.63) is 194 Å². The average Bonchev–Trinajstić information content (AvgIpc) is 3.54. The first-order chi connectivity index (χ1) is 24.8. The summed E-state index contributed by atoms with van der Waals surface area (Å²) in [6, 6.07) is 70.4. The first-order valence-corrected chi connectivity index (χ1v) is 17.2. The highest BCUT2D eigenvalue weighted by Gasteiger charge is 2.21. The van der Waals surface area contributed by atoms with Gasteiger partial charge in [-0.15, -0.1) is 0 Å². The fraction of sp³-hybridized carbons (Fsp3) is 0. The van der Waals surface area contributed by atoms with Crippen LogP contribution in [0.3, 0.4) is 0 Å². The average molecular weight is 637 g/mol. The number of anilines is 3. The summed E-state index contributed by atoms with van der Waals surface area (Å²) in [7, 11) is 0. The molecule has 0 bridgehead atoms. The van der Waals surface area contributed by atoms with Gasteiger partial charge in [0.1, 0.15) is 0 Å². The summed E-state index contributed by atoms with van der Waals surface area (Å²) in [5.74, 6) is 0. The topological polar surface area (TPSA) is 8.17 Å². The summed E-state index contributed by atoms with van der Waals surface area (Å²) in [5, 5.41) is 10.2. The largest absolute Gasteiger partial charge is 0.308 e. The summed E-state index contributed by atoms with van der Waals surface area (Å²) in [4.78, 5) is 2.39. The number of fused-ring (bicyclic) bond motifs is 8. The molecule has 0 spiro atoms. The number of nitrogens with zero attached hydrogens (tertiary/aromatic N) is 2. The molecule has 10 rings (SSSR count). The zero-order chi connectivity index (χ0) is 33.0. The number of aromatic nitrogens is 1. The fourth-order valence-electron chi connectivity index (χ4n) is 7.84.